The number of aromatic nitrogens is 3. The molecule has 0 radical (unpaired) electrons. The van der Waals surface area contributed by atoms with E-state index in [4.69, 9.17) is 0 Å². The standard InChI is InChI=1S/C14H16N4O4S/c1-10-12(9-16-18(10)13-6-2-3-7-15-13)23(21,22)17-8-4-5-11(17)14(19)20/h2-3,6-7,9,11H,4-5,8H2,1H3,(H,19,20)/t11-/m1/s1. The molecular weight excluding hydrogens is 320 g/mol. The van der Waals surface area contributed by atoms with Gasteiger partial charge < -0.3 is 5.11 Å². The van der Waals surface area contributed by atoms with E-state index < -0.39 is 22.0 Å². The van der Waals surface area contributed by atoms with Crippen LogP contribution in [0.2, 0.25) is 0 Å². The van der Waals surface area contributed by atoms with Gasteiger partial charge in [-0.15, -0.1) is 0 Å². The molecule has 0 saturated carbocycles. The SMILES string of the molecule is Cc1c(S(=O)(=O)N2CCC[C@@H]2C(=O)O)cnn1-c1ccccn1. The Kier molecular flexibility index (Phi) is 3.90. The number of nitrogens with zero attached hydrogens (tertiary/aromatic N) is 4. The molecule has 8 nitrogen and oxygen atoms in total. The first-order valence-electron chi connectivity index (χ1n) is 7.13. The van der Waals surface area contributed by atoms with E-state index in [2.05, 4.69) is 10.1 Å². The summed E-state index contributed by atoms with van der Waals surface area (Å²) in [6.07, 6.45) is 3.69. The number of rotatable bonds is 4. The van der Waals surface area contributed by atoms with Gasteiger partial charge in [0.2, 0.25) is 10.0 Å². The van der Waals surface area contributed by atoms with Gasteiger partial charge in [-0.1, -0.05) is 6.07 Å². The maximum atomic E-state index is 12.8. The fourth-order valence-corrected chi connectivity index (χ4v) is 4.55. The molecule has 3 rings (SSSR count). The van der Waals surface area contributed by atoms with E-state index in [1.54, 1.807) is 31.3 Å². The van der Waals surface area contributed by atoms with Crippen molar-refractivity contribution >= 4 is 16.0 Å². The molecule has 1 atom stereocenters. The lowest BCUT2D eigenvalue weighted by atomic mass is 10.2. The molecule has 0 unspecified atom stereocenters. The van der Waals surface area contributed by atoms with Crippen molar-refractivity contribution in [3.63, 3.8) is 0 Å². The van der Waals surface area contributed by atoms with Crippen molar-refractivity contribution in [2.24, 2.45) is 0 Å². The summed E-state index contributed by atoms with van der Waals surface area (Å²) in [6.45, 7) is 1.83. The third kappa shape index (κ3) is 2.62. The summed E-state index contributed by atoms with van der Waals surface area (Å²) < 4.78 is 28.1. The van der Waals surface area contributed by atoms with Crippen LogP contribution in [-0.2, 0) is 14.8 Å². The molecule has 3 heterocycles. The third-order valence-electron chi connectivity index (χ3n) is 3.91. The predicted molar refractivity (Wildman–Crippen MR) is 80.6 cm³/mol. The van der Waals surface area contributed by atoms with Gasteiger partial charge in [-0.2, -0.15) is 9.40 Å². The highest BCUT2D eigenvalue weighted by Crippen LogP contribution is 2.28. The summed E-state index contributed by atoms with van der Waals surface area (Å²) >= 11 is 0. The van der Waals surface area contributed by atoms with Crippen LogP contribution in [-0.4, -0.2) is 51.1 Å². The lowest BCUT2D eigenvalue weighted by Gasteiger charge is -2.20. The number of carbonyl (C=O) groups is 1. The second-order valence-electron chi connectivity index (χ2n) is 5.31. The molecule has 1 fully saturated rings. The fourth-order valence-electron chi connectivity index (χ4n) is 2.76. The van der Waals surface area contributed by atoms with Crippen LogP contribution in [0, 0.1) is 6.92 Å². The van der Waals surface area contributed by atoms with E-state index in [0.717, 1.165) is 4.31 Å². The molecule has 1 aliphatic rings. The molecule has 2 aromatic heterocycles. The molecule has 0 aromatic carbocycles. The minimum absolute atomic E-state index is 0.0105. The van der Waals surface area contributed by atoms with Crippen LogP contribution in [0.25, 0.3) is 5.82 Å². The molecule has 1 aliphatic heterocycles. The van der Waals surface area contributed by atoms with Crippen LogP contribution in [0.15, 0.2) is 35.5 Å². The number of hydrogen-bond acceptors (Lipinski definition) is 5. The number of sulfonamides is 1. The zero-order valence-corrected chi connectivity index (χ0v) is 13.3. The summed E-state index contributed by atoms with van der Waals surface area (Å²) in [7, 11) is -3.91. The monoisotopic (exact) mass is 336 g/mol. The fraction of sp³-hybridized carbons (Fsp3) is 0.357. The number of pyridine rings is 1. The number of hydrogen-bond donors (Lipinski definition) is 1. The molecule has 0 aliphatic carbocycles. The van der Waals surface area contributed by atoms with Gasteiger partial charge in [-0.05, 0) is 31.9 Å². The molecule has 0 amide bonds. The third-order valence-corrected chi connectivity index (χ3v) is 5.92. The summed E-state index contributed by atoms with van der Waals surface area (Å²) in [5.74, 6) is -0.622. The highest BCUT2D eigenvalue weighted by atomic mass is 32.2. The molecule has 1 saturated heterocycles. The van der Waals surface area contributed by atoms with Crippen LogP contribution >= 0.6 is 0 Å². The van der Waals surface area contributed by atoms with E-state index in [9.17, 15) is 18.3 Å². The van der Waals surface area contributed by atoms with E-state index in [0.29, 0.717) is 24.4 Å². The Balaban J connectivity index is 2.02. The van der Waals surface area contributed by atoms with Crippen LogP contribution in [0.4, 0.5) is 0 Å². The zero-order valence-electron chi connectivity index (χ0n) is 12.5. The Morgan fingerprint density at radius 2 is 2.17 bits per heavy atom. The minimum Gasteiger partial charge on any atom is -0.480 e. The van der Waals surface area contributed by atoms with Crippen LogP contribution < -0.4 is 0 Å². The average Bonchev–Trinajstić information content (AvgIpc) is 3.15. The number of carboxylic acid groups (broad SMARTS) is 1. The summed E-state index contributed by atoms with van der Waals surface area (Å²) in [5.41, 5.74) is 0.403. The van der Waals surface area contributed by atoms with Gasteiger partial charge in [0.05, 0.1) is 11.9 Å². The van der Waals surface area contributed by atoms with Crippen LogP contribution in [0.5, 0.6) is 0 Å². The van der Waals surface area contributed by atoms with Crippen molar-refractivity contribution in [1.82, 2.24) is 19.1 Å². The maximum absolute atomic E-state index is 12.8. The Bertz CT molecular complexity index is 832. The first-order chi connectivity index (χ1) is 10.9. The van der Waals surface area contributed by atoms with Gasteiger partial charge >= 0.3 is 5.97 Å². The lowest BCUT2D eigenvalue weighted by Crippen LogP contribution is -2.40. The average molecular weight is 336 g/mol. The second kappa shape index (κ2) is 5.74. The van der Waals surface area contributed by atoms with E-state index in [1.165, 1.54) is 10.9 Å². The molecule has 0 bridgehead atoms. The molecule has 0 spiro atoms. The quantitative estimate of drug-likeness (QED) is 0.886. The molecule has 1 N–H and O–H groups in total. The Labute approximate surface area is 133 Å². The van der Waals surface area contributed by atoms with Gasteiger partial charge in [-0.3, -0.25) is 4.79 Å². The lowest BCUT2D eigenvalue weighted by molar-refractivity contribution is -0.140. The summed E-state index contributed by atoms with van der Waals surface area (Å²) in [4.78, 5) is 15.4. The van der Waals surface area contributed by atoms with Crippen molar-refractivity contribution in [1.29, 1.82) is 0 Å². The predicted octanol–water partition coefficient (Wildman–Crippen LogP) is 0.813. The molecular formula is C14H16N4O4S. The molecule has 122 valence electrons. The molecule has 9 heteroatoms. The zero-order chi connectivity index (χ0) is 16.6. The number of aliphatic carboxylic acids is 1. The first kappa shape index (κ1) is 15.6. The van der Waals surface area contributed by atoms with Crippen molar-refractivity contribution in [3.8, 4) is 5.82 Å². The van der Waals surface area contributed by atoms with Crippen molar-refractivity contribution in [2.75, 3.05) is 6.54 Å². The van der Waals surface area contributed by atoms with Gasteiger partial charge in [0, 0.05) is 12.7 Å². The summed E-state index contributed by atoms with van der Waals surface area (Å²) in [5, 5.41) is 13.3. The van der Waals surface area contributed by atoms with Crippen LogP contribution in [0.1, 0.15) is 18.5 Å². The van der Waals surface area contributed by atoms with Gasteiger partial charge in [-0.25, -0.2) is 18.1 Å². The van der Waals surface area contributed by atoms with Gasteiger partial charge in [0.25, 0.3) is 0 Å². The minimum atomic E-state index is -3.91. The highest BCUT2D eigenvalue weighted by Gasteiger charge is 2.40. The van der Waals surface area contributed by atoms with Crippen molar-refractivity contribution in [2.45, 2.75) is 30.7 Å². The van der Waals surface area contributed by atoms with Crippen molar-refractivity contribution in [3.05, 3.63) is 36.3 Å². The van der Waals surface area contributed by atoms with E-state index >= 15 is 0 Å². The Morgan fingerprint density at radius 3 is 2.83 bits per heavy atom. The van der Waals surface area contributed by atoms with E-state index in [1.807, 2.05) is 0 Å². The van der Waals surface area contributed by atoms with Crippen LogP contribution in [0.3, 0.4) is 0 Å². The molecule has 2 aromatic rings. The summed E-state index contributed by atoms with van der Waals surface area (Å²) in [6, 6.07) is 4.23. The molecule has 23 heavy (non-hydrogen) atoms. The van der Waals surface area contributed by atoms with Gasteiger partial charge in [0.15, 0.2) is 5.82 Å². The highest BCUT2D eigenvalue weighted by molar-refractivity contribution is 7.89. The first-order valence-corrected chi connectivity index (χ1v) is 8.57. The normalized spacial score (nSPS) is 19.1. The van der Waals surface area contributed by atoms with E-state index in [-0.39, 0.29) is 11.4 Å². The Morgan fingerprint density at radius 1 is 1.39 bits per heavy atom. The maximum Gasteiger partial charge on any atom is 0.322 e. The Hall–Kier alpha value is -2.26. The number of carboxylic acids is 1. The topological polar surface area (TPSA) is 105 Å². The smallest absolute Gasteiger partial charge is 0.322 e. The van der Waals surface area contributed by atoms with Gasteiger partial charge in [0.1, 0.15) is 10.9 Å². The largest absolute Gasteiger partial charge is 0.480 e. The van der Waals surface area contributed by atoms with Crippen molar-refractivity contribution < 1.29 is 18.3 Å². The second-order valence-corrected chi connectivity index (χ2v) is 7.16.